The third-order valence-electron chi connectivity index (χ3n) is 2.43. The second-order valence-electron chi connectivity index (χ2n) is 3.74. The summed E-state index contributed by atoms with van der Waals surface area (Å²) in [5.74, 6) is 0.563. The molecule has 1 heterocycles. The molecule has 0 atom stereocenters. The molecule has 0 radical (unpaired) electrons. The van der Waals surface area contributed by atoms with Crippen molar-refractivity contribution in [2.75, 3.05) is 18.1 Å². The molecule has 0 fully saturated rings. The van der Waals surface area contributed by atoms with Crippen LogP contribution in [0.15, 0.2) is 34.7 Å². The van der Waals surface area contributed by atoms with E-state index in [1.807, 2.05) is 35.2 Å². The normalized spacial score (nSPS) is 10.6. The summed E-state index contributed by atoms with van der Waals surface area (Å²) in [6.45, 7) is 1.05. The molecular weight excluding hydrogens is 254 g/mol. The molecule has 1 N–H and O–H groups in total. The van der Waals surface area contributed by atoms with Gasteiger partial charge in [-0.05, 0) is 5.56 Å². The average Bonchev–Trinajstić information content (AvgIpc) is 2.88. The minimum atomic E-state index is 0.0193. The van der Waals surface area contributed by atoms with Crippen molar-refractivity contribution < 1.29 is 9.52 Å². The first-order chi connectivity index (χ1) is 8.83. The number of aromatic nitrogens is 2. The van der Waals surface area contributed by atoms with Crippen LogP contribution in [-0.4, -0.2) is 28.5 Å². The van der Waals surface area contributed by atoms with Crippen LogP contribution in [0.4, 0.5) is 6.01 Å². The molecule has 0 aliphatic carbocycles. The average molecular weight is 268 g/mol. The maximum absolute atomic E-state index is 9.08. The number of alkyl halides is 1. The molecule has 0 aliphatic rings. The van der Waals surface area contributed by atoms with Gasteiger partial charge in [0.05, 0.1) is 6.61 Å². The number of aliphatic hydroxyl groups is 1. The van der Waals surface area contributed by atoms with E-state index in [9.17, 15) is 0 Å². The predicted molar refractivity (Wildman–Crippen MR) is 68.4 cm³/mol. The van der Waals surface area contributed by atoms with Crippen LogP contribution in [0.3, 0.4) is 0 Å². The van der Waals surface area contributed by atoms with Crippen molar-refractivity contribution in [2.24, 2.45) is 0 Å². The summed E-state index contributed by atoms with van der Waals surface area (Å²) in [5, 5.41) is 16.8. The van der Waals surface area contributed by atoms with Crippen molar-refractivity contribution in [3.8, 4) is 0 Å². The van der Waals surface area contributed by atoms with Crippen LogP contribution in [0.2, 0.25) is 0 Å². The van der Waals surface area contributed by atoms with Crippen LogP contribution in [0.1, 0.15) is 11.5 Å². The molecule has 2 rings (SSSR count). The third kappa shape index (κ3) is 3.21. The van der Waals surface area contributed by atoms with E-state index in [2.05, 4.69) is 10.2 Å². The third-order valence-corrected chi connectivity index (χ3v) is 2.66. The van der Waals surface area contributed by atoms with Gasteiger partial charge < -0.3 is 14.4 Å². The Morgan fingerprint density at radius 3 is 2.61 bits per heavy atom. The Morgan fingerprint density at radius 2 is 2.00 bits per heavy atom. The van der Waals surface area contributed by atoms with Crippen LogP contribution in [0, 0.1) is 0 Å². The first kappa shape index (κ1) is 12.9. The van der Waals surface area contributed by atoms with Gasteiger partial charge in [0.25, 0.3) is 0 Å². The molecule has 0 unspecified atom stereocenters. The van der Waals surface area contributed by atoms with Crippen LogP contribution >= 0.6 is 11.6 Å². The van der Waals surface area contributed by atoms with Gasteiger partial charge in [-0.3, -0.25) is 0 Å². The molecule has 0 saturated carbocycles. The predicted octanol–water partition coefficient (Wildman–Crippen LogP) is 1.81. The van der Waals surface area contributed by atoms with Crippen LogP contribution in [-0.2, 0) is 12.4 Å². The van der Waals surface area contributed by atoms with Gasteiger partial charge in [0.2, 0.25) is 5.89 Å². The zero-order valence-electron chi connectivity index (χ0n) is 9.79. The molecule has 5 nitrogen and oxygen atoms in total. The zero-order chi connectivity index (χ0) is 12.8. The van der Waals surface area contributed by atoms with E-state index in [1.54, 1.807) is 0 Å². The lowest BCUT2D eigenvalue weighted by atomic mass is 10.2. The van der Waals surface area contributed by atoms with Crippen LogP contribution in [0.25, 0.3) is 0 Å². The highest BCUT2D eigenvalue weighted by Gasteiger charge is 2.14. The first-order valence-corrected chi connectivity index (χ1v) is 6.15. The van der Waals surface area contributed by atoms with E-state index in [0.717, 1.165) is 5.56 Å². The van der Waals surface area contributed by atoms with E-state index in [-0.39, 0.29) is 12.5 Å². The summed E-state index contributed by atoms with van der Waals surface area (Å²) in [7, 11) is 0. The van der Waals surface area contributed by atoms with E-state index in [1.165, 1.54) is 0 Å². The molecule has 0 amide bonds. The lowest BCUT2D eigenvalue weighted by Gasteiger charge is -2.18. The summed E-state index contributed by atoms with van der Waals surface area (Å²) >= 11 is 5.62. The van der Waals surface area contributed by atoms with Crippen molar-refractivity contribution >= 4 is 17.6 Å². The van der Waals surface area contributed by atoms with Gasteiger partial charge in [0, 0.05) is 13.1 Å². The monoisotopic (exact) mass is 267 g/mol. The number of hydrogen-bond acceptors (Lipinski definition) is 5. The second-order valence-corrected chi connectivity index (χ2v) is 4.01. The van der Waals surface area contributed by atoms with Crippen molar-refractivity contribution in [1.29, 1.82) is 0 Å². The molecule has 0 aliphatic heterocycles. The summed E-state index contributed by atoms with van der Waals surface area (Å²) in [5.41, 5.74) is 1.11. The van der Waals surface area contributed by atoms with Gasteiger partial charge in [0.15, 0.2) is 0 Å². The summed E-state index contributed by atoms with van der Waals surface area (Å²) in [6.07, 6.45) is 0. The highest BCUT2D eigenvalue weighted by Crippen LogP contribution is 2.16. The number of hydrogen-bond donors (Lipinski definition) is 1. The van der Waals surface area contributed by atoms with Crippen LogP contribution < -0.4 is 4.90 Å². The molecule has 1 aromatic heterocycles. The zero-order valence-corrected chi connectivity index (χ0v) is 10.5. The molecule has 0 spiro atoms. The Morgan fingerprint density at radius 1 is 1.22 bits per heavy atom. The number of anilines is 1. The number of benzene rings is 1. The fourth-order valence-corrected chi connectivity index (χ4v) is 1.70. The van der Waals surface area contributed by atoms with E-state index in [4.69, 9.17) is 21.1 Å². The van der Waals surface area contributed by atoms with Crippen molar-refractivity contribution in [3.05, 3.63) is 41.8 Å². The summed E-state index contributed by atoms with van der Waals surface area (Å²) in [6, 6.07) is 10.3. The molecule has 6 heteroatoms. The van der Waals surface area contributed by atoms with E-state index in [0.29, 0.717) is 25.0 Å². The minimum absolute atomic E-state index is 0.0193. The number of nitrogens with zero attached hydrogens (tertiary/aromatic N) is 3. The molecule has 2 aromatic rings. The fourth-order valence-electron chi connectivity index (χ4n) is 1.59. The van der Waals surface area contributed by atoms with Crippen molar-refractivity contribution in [1.82, 2.24) is 10.2 Å². The number of rotatable bonds is 6. The second kappa shape index (κ2) is 6.37. The molecule has 1 aromatic carbocycles. The molecule has 96 valence electrons. The molecule has 0 bridgehead atoms. The smallest absolute Gasteiger partial charge is 0.318 e. The quantitative estimate of drug-likeness (QED) is 0.809. The van der Waals surface area contributed by atoms with Gasteiger partial charge in [-0.1, -0.05) is 35.4 Å². The van der Waals surface area contributed by atoms with Gasteiger partial charge in [-0.25, -0.2) is 0 Å². The van der Waals surface area contributed by atoms with Crippen molar-refractivity contribution in [3.63, 3.8) is 0 Å². The van der Waals surface area contributed by atoms with Gasteiger partial charge in [0.1, 0.15) is 5.88 Å². The summed E-state index contributed by atoms with van der Waals surface area (Å²) in [4.78, 5) is 1.82. The van der Waals surface area contributed by atoms with Crippen molar-refractivity contribution in [2.45, 2.75) is 12.4 Å². The van der Waals surface area contributed by atoms with Gasteiger partial charge in [-0.2, -0.15) is 0 Å². The Kier molecular flexibility index (Phi) is 4.55. The van der Waals surface area contributed by atoms with Gasteiger partial charge >= 0.3 is 6.01 Å². The first-order valence-electron chi connectivity index (χ1n) is 5.61. The minimum Gasteiger partial charge on any atom is -0.407 e. The highest BCUT2D eigenvalue weighted by molar-refractivity contribution is 6.16. The standard InChI is InChI=1S/C12H14ClN3O2/c13-8-11-14-15-12(18-11)16(6-7-17)9-10-4-2-1-3-5-10/h1-5,17H,6-9H2. The Hall–Kier alpha value is -1.59. The lowest BCUT2D eigenvalue weighted by Crippen LogP contribution is -2.26. The largest absolute Gasteiger partial charge is 0.407 e. The van der Waals surface area contributed by atoms with E-state index >= 15 is 0 Å². The molecule has 0 saturated heterocycles. The number of halogens is 1. The Bertz CT molecular complexity index is 475. The molecule has 18 heavy (non-hydrogen) atoms. The maximum Gasteiger partial charge on any atom is 0.318 e. The van der Waals surface area contributed by atoms with Crippen LogP contribution in [0.5, 0.6) is 0 Å². The Labute approximate surface area is 110 Å². The maximum atomic E-state index is 9.08. The topological polar surface area (TPSA) is 62.4 Å². The van der Waals surface area contributed by atoms with Gasteiger partial charge in [-0.15, -0.1) is 16.7 Å². The lowest BCUT2D eigenvalue weighted by molar-refractivity contribution is 0.298. The van der Waals surface area contributed by atoms with E-state index < -0.39 is 0 Å². The molecular formula is C12H14ClN3O2. The Balaban J connectivity index is 2.12. The number of aliphatic hydroxyl groups excluding tert-OH is 1. The fraction of sp³-hybridized carbons (Fsp3) is 0.333. The highest BCUT2D eigenvalue weighted by atomic mass is 35.5. The summed E-state index contributed by atoms with van der Waals surface area (Å²) < 4.78 is 5.38. The SMILES string of the molecule is OCCN(Cc1ccccc1)c1nnc(CCl)o1.